The predicted octanol–water partition coefficient (Wildman–Crippen LogP) is 20.5. The Bertz CT molecular complexity index is 5260. The molecule has 96 heavy (non-hydrogen) atoms. The van der Waals surface area contributed by atoms with E-state index in [1.165, 1.54) is 97.1 Å². The number of benzene rings is 14. The second-order valence-electron chi connectivity index (χ2n) is 26.4. The van der Waals surface area contributed by atoms with Crippen LogP contribution in [0.1, 0.15) is 26.3 Å². The summed E-state index contributed by atoms with van der Waals surface area (Å²) >= 11 is 3.84. The van der Waals surface area contributed by atoms with Gasteiger partial charge >= 0.3 is 0 Å². The maximum absolute atomic E-state index is 2.65. The van der Waals surface area contributed by atoms with Gasteiger partial charge in [-0.3, -0.25) is 0 Å². The first-order valence-corrected chi connectivity index (χ1v) is 34.8. The second-order valence-corrected chi connectivity index (χ2v) is 28.5. The normalized spacial score (nSPS) is 13.0. The van der Waals surface area contributed by atoms with Crippen LogP contribution in [0.2, 0.25) is 0 Å². The van der Waals surface area contributed by atoms with Gasteiger partial charge in [0.2, 0.25) is 6.71 Å². The Morgan fingerprint density at radius 2 is 0.760 bits per heavy atom. The molecule has 18 rings (SSSR count). The van der Waals surface area contributed by atoms with Gasteiger partial charge in [0.05, 0.1) is 17.1 Å². The van der Waals surface area contributed by atoms with Crippen LogP contribution in [0.5, 0.6) is 0 Å². The number of hydrogen-bond donors (Lipinski definition) is 0. The molecular formula is C88H64B2N4S2. The van der Waals surface area contributed by atoms with Gasteiger partial charge in [-0.15, -0.1) is 0 Å². The van der Waals surface area contributed by atoms with E-state index in [1.807, 2.05) is 23.5 Å². The molecule has 0 bridgehead atoms. The van der Waals surface area contributed by atoms with Crippen LogP contribution in [0.4, 0.5) is 68.2 Å². The van der Waals surface area contributed by atoms with Gasteiger partial charge in [-0.2, -0.15) is 0 Å². The molecule has 0 atom stereocenters. The van der Waals surface area contributed by atoms with Crippen molar-refractivity contribution in [1.82, 2.24) is 0 Å². The first kappa shape index (κ1) is 57.7. The second kappa shape index (κ2) is 23.5. The average molecular weight is 1260 g/mol. The largest absolute Gasteiger partial charge is 0.311 e. The molecule has 0 aromatic heterocycles. The fourth-order valence-corrected chi connectivity index (χ4v) is 17.8. The fourth-order valence-electron chi connectivity index (χ4n) is 15.3. The Labute approximate surface area is 572 Å². The van der Waals surface area contributed by atoms with Crippen molar-refractivity contribution in [2.24, 2.45) is 0 Å². The fraction of sp³-hybridized carbons (Fsp3) is 0.0455. The number of nitrogens with zero attached hydrogens (tertiary/aromatic N) is 4. The first-order chi connectivity index (χ1) is 47.3. The zero-order chi connectivity index (χ0) is 64.0. The summed E-state index contributed by atoms with van der Waals surface area (Å²) in [7, 11) is 0. The summed E-state index contributed by atoms with van der Waals surface area (Å²) in [5, 5.41) is 0. The van der Waals surface area contributed by atoms with Crippen LogP contribution in [0.3, 0.4) is 0 Å². The zero-order valence-electron chi connectivity index (χ0n) is 53.5. The van der Waals surface area contributed by atoms with E-state index < -0.39 is 0 Å². The van der Waals surface area contributed by atoms with E-state index in [9.17, 15) is 0 Å². The van der Waals surface area contributed by atoms with Crippen LogP contribution >= 0.6 is 23.5 Å². The number of rotatable bonds is 11. The van der Waals surface area contributed by atoms with Crippen molar-refractivity contribution in [2.75, 3.05) is 19.6 Å². The Morgan fingerprint density at radius 3 is 1.43 bits per heavy atom. The third-order valence-electron chi connectivity index (χ3n) is 19.7. The number of para-hydroxylation sites is 6. The summed E-state index contributed by atoms with van der Waals surface area (Å²) in [6.07, 6.45) is 0. The summed E-state index contributed by atoms with van der Waals surface area (Å²) in [6, 6.07) is 124. The lowest BCUT2D eigenvalue weighted by Crippen LogP contribution is -2.64. The van der Waals surface area contributed by atoms with Gasteiger partial charge in [0.15, 0.2) is 0 Å². The predicted molar refractivity (Wildman–Crippen MR) is 411 cm³/mol. The van der Waals surface area contributed by atoms with E-state index in [4.69, 9.17) is 0 Å². The number of fused-ring (bicyclic) bond motifs is 8. The molecule has 0 aliphatic carbocycles. The molecule has 0 radical (unpaired) electrons. The van der Waals surface area contributed by atoms with E-state index in [0.717, 1.165) is 62.4 Å². The highest BCUT2D eigenvalue weighted by molar-refractivity contribution is 8.01. The molecule has 0 fully saturated rings. The first-order valence-electron chi connectivity index (χ1n) is 33.2. The zero-order valence-corrected chi connectivity index (χ0v) is 55.1. The summed E-state index contributed by atoms with van der Waals surface area (Å²) < 4.78 is 0. The summed E-state index contributed by atoms with van der Waals surface area (Å²) in [5.41, 5.74) is 29.7. The van der Waals surface area contributed by atoms with E-state index in [0.29, 0.717) is 0 Å². The smallest absolute Gasteiger partial charge is 0.252 e. The molecule has 0 saturated heterocycles. The van der Waals surface area contributed by atoms with Gasteiger partial charge in [0, 0.05) is 81.9 Å². The highest BCUT2D eigenvalue weighted by Gasteiger charge is 2.47. The average Bonchev–Trinajstić information content (AvgIpc) is 0.692. The third kappa shape index (κ3) is 9.80. The molecule has 14 aromatic rings. The monoisotopic (exact) mass is 1260 g/mol. The van der Waals surface area contributed by atoms with E-state index in [-0.39, 0.29) is 18.8 Å². The van der Waals surface area contributed by atoms with Gasteiger partial charge in [0.25, 0.3) is 6.71 Å². The molecule has 14 aromatic carbocycles. The van der Waals surface area contributed by atoms with Gasteiger partial charge in [-0.05, 0) is 158 Å². The molecule has 4 nitrogen and oxygen atoms in total. The van der Waals surface area contributed by atoms with Crippen molar-refractivity contribution in [3.63, 3.8) is 0 Å². The highest BCUT2D eigenvalue weighted by atomic mass is 32.2. The van der Waals surface area contributed by atoms with Crippen molar-refractivity contribution < 1.29 is 0 Å². The van der Waals surface area contributed by atoms with Gasteiger partial charge < -0.3 is 19.6 Å². The summed E-state index contributed by atoms with van der Waals surface area (Å²) in [6.45, 7) is 6.73. The van der Waals surface area contributed by atoms with Gasteiger partial charge in [-0.25, -0.2) is 0 Å². The van der Waals surface area contributed by atoms with Crippen molar-refractivity contribution in [3.05, 3.63) is 339 Å². The molecule has 0 saturated carbocycles. The van der Waals surface area contributed by atoms with Crippen LogP contribution in [-0.2, 0) is 5.41 Å². The summed E-state index contributed by atoms with van der Waals surface area (Å²) in [5.74, 6) is 0. The molecule has 4 aliphatic heterocycles. The topological polar surface area (TPSA) is 13.0 Å². The highest BCUT2D eigenvalue weighted by Crippen LogP contribution is 2.52. The van der Waals surface area contributed by atoms with Crippen molar-refractivity contribution >= 4 is 138 Å². The lowest BCUT2D eigenvalue weighted by atomic mass is 9.31. The number of anilines is 12. The minimum atomic E-state index is -0.134. The lowest BCUT2D eigenvalue weighted by Gasteiger charge is -2.46. The molecule has 0 spiro atoms. The van der Waals surface area contributed by atoms with Gasteiger partial charge in [-0.1, -0.05) is 286 Å². The van der Waals surface area contributed by atoms with Crippen LogP contribution in [0, 0.1) is 0 Å². The molecule has 0 N–H and O–H groups in total. The molecule has 8 heteroatoms. The van der Waals surface area contributed by atoms with Crippen LogP contribution in [0.15, 0.2) is 353 Å². The maximum atomic E-state index is 2.65. The van der Waals surface area contributed by atoms with Crippen LogP contribution in [-0.4, -0.2) is 13.4 Å². The maximum Gasteiger partial charge on any atom is 0.252 e. The molecular weight excluding hydrogens is 1200 g/mol. The van der Waals surface area contributed by atoms with Crippen LogP contribution in [0.25, 0.3) is 33.4 Å². The van der Waals surface area contributed by atoms with Crippen molar-refractivity contribution in [1.29, 1.82) is 0 Å². The summed E-state index contributed by atoms with van der Waals surface area (Å²) in [4.78, 5) is 15.2. The molecule has 4 aliphatic rings. The minimum absolute atomic E-state index is 0.00378. The van der Waals surface area contributed by atoms with Gasteiger partial charge in [0.1, 0.15) is 0 Å². The third-order valence-corrected chi connectivity index (χ3v) is 22.0. The molecule has 4 heterocycles. The Balaban J connectivity index is 0.901. The number of hydrogen-bond acceptors (Lipinski definition) is 6. The van der Waals surface area contributed by atoms with Crippen molar-refractivity contribution in [2.45, 2.75) is 45.8 Å². The Hall–Kier alpha value is -10.9. The molecule has 0 amide bonds. The lowest BCUT2D eigenvalue weighted by molar-refractivity contribution is 0.590. The SMILES string of the molecule is CC(C)(C)c1ccc(-c2ccccc2N2c3cc4c(cc3B3c5ccccc5N(c5ccccc5)c5cc(N(c6ccccc6)c6ccccc6)cc2c53)B2c3ccccc3Sc3cc(N(c5ccc(-c6ccccc6)cc5)c5ccccc5-c5ccccc5)cc(c32)S4)cc1. The molecule has 0 unspecified atom stereocenters. The van der Waals surface area contributed by atoms with E-state index in [2.05, 4.69) is 374 Å². The minimum Gasteiger partial charge on any atom is -0.311 e. The van der Waals surface area contributed by atoms with E-state index >= 15 is 0 Å². The Kier molecular flexibility index (Phi) is 14.2. The van der Waals surface area contributed by atoms with E-state index in [1.54, 1.807) is 0 Å². The Morgan fingerprint density at radius 1 is 0.281 bits per heavy atom. The van der Waals surface area contributed by atoms with Crippen molar-refractivity contribution in [3.8, 4) is 33.4 Å². The quantitative estimate of drug-likeness (QED) is 0.119. The standard InChI is InChI=1S/C88H64B2N4S2/c1-88(2,3)63-49-45-62(46-50-63)71-38-20-24-42-77(71)94-79-58-83-75(57-74(79)89-72-39-21-25-43-78(72)93(66-35-17-8-18-36-66)80-53-68(54-81(94)86(80)89)91(64-31-13-6-14-32-64)65-33-15-7-16-34-65)90-73-40-22-26-44-82(73)95-84-55-69(56-85(96-83)87(84)90)92(67-51-47-60(48-52-67)59-27-9-4-10-28-59)76-41-23-19-37-70(76)61-29-11-5-12-30-61/h4-58H,1-3H3. The van der Waals surface area contributed by atoms with Crippen LogP contribution < -0.4 is 52.4 Å². The molecule has 454 valence electrons.